The van der Waals surface area contributed by atoms with Gasteiger partial charge in [0, 0.05) is 11.8 Å². The first-order chi connectivity index (χ1) is 6.27. The number of ether oxygens (including phenoxy) is 1. The second-order valence-electron chi connectivity index (χ2n) is 2.21. The Kier molecular flexibility index (Phi) is 2.87. The van der Waals surface area contributed by atoms with Gasteiger partial charge in [-0.2, -0.15) is 0 Å². The Morgan fingerprint density at radius 2 is 2.46 bits per heavy atom. The molecule has 2 N–H and O–H groups in total. The summed E-state index contributed by atoms with van der Waals surface area (Å²) in [7, 11) is 1.48. The zero-order chi connectivity index (χ0) is 9.68. The summed E-state index contributed by atoms with van der Waals surface area (Å²) in [5, 5.41) is 0. The van der Waals surface area contributed by atoms with E-state index in [0.29, 0.717) is 23.4 Å². The number of nitrogen functional groups attached to an aromatic ring is 1. The van der Waals surface area contributed by atoms with Gasteiger partial charge in [-0.25, -0.2) is 4.98 Å². The molecule has 0 fully saturated rings. The molecule has 13 heavy (non-hydrogen) atoms. The van der Waals surface area contributed by atoms with Crippen molar-refractivity contribution in [2.24, 2.45) is 0 Å². The fraction of sp³-hybridized carbons (Fsp3) is 0.111. The number of pyridine rings is 1. The van der Waals surface area contributed by atoms with Crippen LogP contribution in [-0.2, 0) is 4.79 Å². The van der Waals surface area contributed by atoms with Gasteiger partial charge >= 0.3 is 0 Å². The summed E-state index contributed by atoms with van der Waals surface area (Å²) < 4.78 is 4.85. The van der Waals surface area contributed by atoms with Crippen LogP contribution in [0.1, 0.15) is 5.56 Å². The Morgan fingerprint density at radius 1 is 1.69 bits per heavy atom. The minimum atomic E-state index is 0.358. The average molecular weight is 176 g/mol. The molecular weight excluding hydrogens is 168 g/mol. The zero-order valence-corrected chi connectivity index (χ0v) is 7.07. The van der Waals surface area contributed by atoms with Gasteiger partial charge in [0.15, 0.2) is 6.29 Å². The van der Waals surface area contributed by atoms with E-state index in [1.54, 1.807) is 6.07 Å². The number of anilines is 1. The van der Waals surface area contributed by atoms with Crippen molar-refractivity contribution in [2.75, 3.05) is 12.8 Å². The molecule has 0 atom stereocenters. The number of aromatic nitrogens is 1. The van der Waals surface area contributed by atoms with Gasteiger partial charge < -0.3 is 10.5 Å². The minimum absolute atomic E-state index is 0.358. The quantitative estimate of drug-likeness (QED) is 0.491. The Balaban J connectivity index is 3.02. The van der Waals surface area contributed by atoms with Crippen molar-refractivity contribution < 1.29 is 9.53 Å². The average Bonchev–Trinajstić information content (AvgIpc) is 2.15. The summed E-state index contributed by atoms with van der Waals surface area (Å²) in [6.45, 7) is 0. The SMILES string of the molecule is COc1ncc(C#CC=O)cc1N. The van der Waals surface area contributed by atoms with Crippen LogP contribution in [-0.4, -0.2) is 18.4 Å². The van der Waals surface area contributed by atoms with Gasteiger partial charge in [0.2, 0.25) is 5.88 Å². The van der Waals surface area contributed by atoms with Crippen LogP contribution in [0.2, 0.25) is 0 Å². The molecule has 0 radical (unpaired) electrons. The maximum absolute atomic E-state index is 9.94. The summed E-state index contributed by atoms with van der Waals surface area (Å²) in [6, 6.07) is 1.60. The van der Waals surface area contributed by atoms with E-state index in [4.69, 9.17) is 10.5 Å². The lowest BCUT2D eigenvalue weighted by molar-refractivity contribution is -0.103. The molecule has 0 aliphatic rings. The van der Waals surface area contributed by atoms with Gasteiger partial charge in [-0.1, -0.05) is 5.92 Å². The van der Waals surface area contributed by atoms with Gasteiger partial charge in [-0.15, -0.1) is 0 Å². The van der Waals surface area contributed by atoms with Crippen molar-refractivity contribution in [1.82, 2.24) is 4.98 Å². The first-order valence-corrected chi connectivity index (χ1v) is 3.52. The highest BCUT2D eigenvalue weighted by Crippen LogP contribution is 2.17. The van der Waals surface area contributed by atoms with Crippen LogP contribution >= 0.6 is 0 Å². The standard InChI is InChI=1S/C9H8N2O2/c1-13-9-8(10)5-7(6-11-9)3-2-4-12/h4-6H,10H2,1H3. The van der Waals surface area contributed by atoms with Crippen LogP contribution in [0.25, 0.3) is 0 Å². The number of nitrogens with zero attached hydrogens (tertiary/aromatic N) is 1. The number of nitrogens with two attached hydrogens (primary N) is 1. The molecule has 1 rings (SSSR count). The molecular formula is C9H8N2O2. The molecule has 0 spiro atoms. The Morgan fingerprint density at radius 3 is 3.00 bits per heavy atom. The van der Waals surface area contributed by atoms with Crippen molar-refractivity contribution in [3.63, 3.8) is 0 Å². The van der Waals surface area contributed by atoms with E-state index in [9.17, 15) is 4.79 Å². The zero-order valence-electron chi connectivity index (χ0n) is 7.07. The number of hydrogen-bond donors (Lipinski definition) is 1. The van der Waals surface area contributed by atoms with Crippen LogP contribution in [0.5, 0.6) is 5.88 Å². The molecule has 66 valence electrons. The van der Waals surface area contributed by atoms with Gasteiger partial charge in [-0.05, 0) is 12.0 Å². The van der Waals surface area contributed by atoms with E-state index in [-0.39, 0.29) is 0 Å². The molecule has 0 aliphatic carbocycles. The lowest BCUT2D eigenvalue weighted by Gasteiger charge is -2.01. The van der Waals surface area contributed by atoms with Crippen molar-refractivity contribution >= 4 is 12.0 Å². The van der Waals surface area contributed by atoms with Gasteiger partial charge in [0.05, 0.1) is 12.8 Å². The predicted molar refractivity (Wildman–Crippen MR) is 48.1 cm³/mol. The van der Waals surface area contributed by atoms with E-state index in [2.05, 4.69) is 16.8 Å². The van der Waals surface area contributed by atoms with E-state index in [1.807, 2.05) is 0 Å². The van der Waals surface area contributed by atoms with E-state index >= 15 is 0 Å². The molecule has 0 amide bonds. The summed E-state index contributed by atoms with van der Waals surface area (Å²) >= 11 is 0. The molecule has 4 nitrogen and oxygen atoms in total. The van der Waals surface area contributed by atoms with Gasteiger partial charge in [-0.3, -0.25) is 4.79 Å². The van der Waals surface area contributed by atoms with Crippen LogP contribution in [0.15, 0.2) is 12.3 Å². The number of hydrogen-bond acceptors (Lipinski definition) is 4. The van der Waals surface area contributed by atoms with E-state index < -0.39 is 0 Å². The molecule has 1 aromatic heterocycles. The van der Waals surface area contributed by atoms with Crippen molar-refractivity contribution in [1.29, 1.82) is 0 Å². The summed E-state index contributed by atoms with van der Waals surface area (Å²) in [5.74, 6) is 5.19. The summed E-state index contributed by atoms with van der Waals surface area (Å²) in [6.07, 6.45) is 2.01. The van der Waals surface area contributed by atoms with E-state index in [0.717, 1.165) is 0 Å². The molecule has 0 aromatic carbocycles. The third-order valence-corrected chi connectivity index (χ3v) is 1.35. The van der Waals surface area contributed by atoms with Crippen LogP contribution < -0.4 is 10.5 Å². The number of rotatable bonds is 1. The van der Waals surface area contributed by atoms with Gasteiger partial charge in [0.1, 0.15) is 0 Å². The third-order valence-electron chi connectivity index (χ3n) is 1.35. The Labute approximate surface area is 75.7 Å². The van der Waals surface area contributed by atoms with Crippen molar-refractivity contribution in [3.05, 3.63) is 17.8 Å². The highest BCUT2D eigenvalue weighted by atomic mass is 16.5. The third kappa shape index (κ3) is 2.20. The molecule has 0 unspecified atom stereocenters. The fourth-order valence-corrected chi connectivity index (χ4v) is 0.821. The maximum atomic E-state index is 9.94. The molecule has 0 saturated heterocycles. The lowest BCUT2D eigenvalue weighted by atomic mass is 10.2. The molecule has 1 heterocycles. The molecule has 0 aliphatic heterocycles. The second kappa shape index (κ2) is 4.12. The first-order valence-electron chi connectivity index (χ1n) is 3.52. The number of carbonyl (C=O) groups is 1. The maximum Gasteiger partial charge on any atom is 0.236 e. The monoisotopic (exact) mass is 176 g/mol. The molecule has 0 bridgehead atoms. The van der Waals surface area contributed by atoms with Crippen molar-refractivity contribution in [2.45, 2.75) is 0 Å². The molecule has 4 heteroatoms. The first kappa shape index (κ1) is 9.07. The van der Waals surface area contributed by atoms with Gasteiger partial charge in [0.25, 0.3) is 0 Å². The van der Waals surface area contributed by atoms with Crippen LogP contribution in [0.4, 0.5) is 5.69 Å². The van der Waals surface area contributed by atoms with Crippen LogP contribution in [0, 0.1) is 11.8 Å². The summed E-state index contributed by atoms with van der Waals surface area (Å²) in [4.78, 5) is 13.8. The molecule has 1 aromatic rings. The normalized spacial score (nSPS) is 8.38. The number of carbonyl (C=O) groups excluding carboxylic acids is 1. The topological polar surface area (TPSA) is 65.2 Å². The highest BCUT2D eigenvalue weighted by Gasteiger charge is 1.99. The number of aldehydes is 1. The van der Waals surface area contributed by atoms with E-state index in [1.165, 1.54) is 13.3 Å². The predicted octanol–water partition coefficient (Wildman–Crippen LogP) is 0.223. The summed E-state index contributed by atoms with van der Waals surface area (Å²) in [5.41, 5.74) is 6.55. The highest BCUT2D eigenvalue weighted by molar-refractivity contribution is 5.74. The Hall–Kier alpha value is -2.02. The largest absolute Gasteiger partial charge is 0.480 e. The Bertz CT molecular complexity index is 377. The lowest BCUT2D eigenvalue weighted by Crippen LogP contribution is -1.95. The number of methoxy groups -OCH3 is 1. The second-order valence-corrected chi connectivity index (χ2v) is 2.21. The van der Waals surface area contributed by atoms with Crippen LogP contribution in [0.3, 0.4) is 0 Å². The smallest absolute Gasteiger partial charge is 0.236 e. The minimum Gasteiger partial charge on any atom is -0.480 e. The molecule has 0 saturated carbocycles. The van der Waals surface area contributed by atoms with Crippen molar-refractivity contribution in [3.8, 4) is 17.7 Å². The fourth-order valence-electron chi connectivity index (χ4n) is 0.821.